The number of piperidine rings is 1. The third kappa shape index (κ3) is 6.21. The van der Waals surface area contributed by atoms with Crippen molar-refractivity contribution in [3.63, 3.8) is 0 Å². The van der Waals surface area contributed by atoms with Gasteiger partial charge in [0.2, 0.25) is 5.75 Å². The fourth-order valence-electron chi connectivity index (χ4n) is 6.22. The van der Waals surface area contributed by atoms with Gasteiger partial charge in [-0.2, -0.15) is 0 Å². The number of ether oxygens (including phenoxy) is 5. The number of fused-ring (bicyclic) bond motifs is 1. The Morgan fingerprint density at radius 3 is 2.26 bits per heavy atom. The van der Waals surface area contributed by atoms with E-state index >= 15 is 0 Å². The molecule has 0 aromatic heterocycles. The number of carboxylic acid groups (broad SMARTS) is 1. The Bertz CT molecular complexity index is 1370. The van der Waals surface area contributed by atoms with Gasteiger partial charge in [0, 0.05) is 43.2 Å². The van der Waals surface area contributed by atoms with Crippen molar-refractivity contribution in [3.05, 3.63) is 71.3 Å². The van der Waals surface area contributed by atoms with E-state index < -0.39 is 6.09 Å². The molecular formula is C33H40N2O7. The molecule has 0 aliphatic carbocycles. The van der Waals surface area contributed by atoms with Crippen LogP contribution in [-0.2, 0) is 19.4 Å². The first-order valence-electron chi connectivity index (χ1n) is 14.4. The first-order valence-corrected chi connectivity index (χ1v) is 14.4. The predicted molar refractivity (Wildman–Crippen MR) is 161 cm³/mol. The van der Waals surface area contributed by atoms with Crippen LogP contribution in [0.1, 0.15) is 29.5 Å². The molecule has 1 N–H and O–H groups in total. The Labute approximate surface area is 247 Å². The van der Waals surface area contributed by atoms with Crippen molar-refractivity contribution in [1.29, 1.82) is 0 Å². The van der Waals surface area contributed by atoms with E-state index in [1.54, 1.807) is 28.4 Å². The topological polar surface area (TPSA) is 89.9 Å². The van der Waals surface area contributed by atoms with Crippen LogP contribution in [0.25, 0.3) is 0 Å². The molecule has 0 spiro atoms. The molecule has 9 heteroatoms. The second-order valence-corrected chi connectivity index (χ2v) is 10.9. The van der Waals surface area contributed by atoms with Gasteiger partial charge in [0.05, 0.1) is 40.7 Å². The Hall–Kier alpha value is -4.11. The normalized spacial score (nSPS) is 17.1. The summed E-state index contributed by atoms with van der Waals surface area (Å²) in [6.07, 6.45) is 1.97. The highest BCUT2D eigenvalue weighted by atomic mass is 16.5. The van der Waals surface area contributed by atoms with Crippen molar-refractivity contribution in [3.8, 4) is 28.7 Å². The minimum Gasteiger partial charge on any atom is -0.495 e. The molecule has 2 heterocycles. The molecule has 2 aliphatic rings. The minimum atomic E-state index is -0.965. The lowest BCUT2D eigenvalue weighted by Gasteiger charge is -2.37. The largest absolute Gasteiger partial charge is 0.495 e. The van der Waals surface area contributed by atoms with Crippen molar-refractivity contribution < 1.29 is 33.6 Å². The van der Waals surface area contributed by atoms with Crippen LogP contribution in [0.15, 0.2) is 54.6 Å². The van der Waals surface area contributed by atoms with Crippen LogP contribution in [0.2, 0.25) is 0 Å². The summed E-state index contributed by atoms with van der Waals surface area (Å²) < 4.78 is 28.6. The van der Waals surface area contributed by atoms with Crippen molar-refractivity contribution >= 4 is 11.8 Å². The van der Waals surface area contributed by atoms with Crippen LogP contribution >= 0.6 is 0 Å². The van der Waals surface area contributed by atoms with Crippen LogP contribution in [-0.4, -0.2) is 70.3 Å². The van der Waals surface area contributed by atoms with Crippen molar-refractivity contribution in [2.24, 2.45) is 5.92 Å². The highest BCUT2D eigenvalue weighted by Crippen LogP contribution is 2.48. The number of anilines is 1. The predicted octanol–water partition coefficient (Wildman–Crippen LogP) is 5.66. The van der Waals surface area contributed by atoms with Gasteiger partial charge in [-0.05, 0) is 48.9 Å². The number of hydrogen-bond donors (Lipinski definition) is 1. The molecule has 1 unspecified atom stereocenters. The number of amides is 1. The number of methoxy groups -OCH3 is 4. The summed E-state index contributed by atoms with van der Waals surface area (Å²) >= 11 is 0. The molecule has 1 atom stereocenters. The molecule has 3 aromatic rings. The van der Waals surface area contributed by atoms with Gasteiger partial charge in [-0.3, -0.25) is 9.80 Å². The molecule has 2 aliphatic heterocycles. The van der Waals surface area contributed by atoms with E-state index in [0.29, 0.717) is 41.7 Å². The summed E-state index contributed by atoms with van der Waals surface area (Å²) in [4.78, 5) is 16.6. The summed E-state index contributed by atoms with van der Waals surface area (Å²) in [6, 6.07) is 17.9. The van der Waals surface area contributed by atoms with E-state index in [2.05, 4.69) is 29.2 Å². The Morgan fingerprint density at radius 1 is 0.905 bits per heavy atom. The zero-order chi connectivity index (χ0) is 29.6. The average molecular weight is 577 g/mol. The Kier molecular flexibility index (Phi) is 9.27. The van der Waals surface area contributed by atoms with E-state index in [1.165, 1.54) is 10.5 Å². The standard InChI is InChI=1S/C33H40N2O7/c1-38-28-11-10-23(16-24-17-26-29(42-21-24)19-30(39-2)32(41-4)31(26)40-3)18-27(28)35(33(36)37)25-12-14-34(15-13-25)20-22-8-6-5-7-9-22/h5-11,18-19,24-25H,12-17,20-21H2,1-4H3,(H,36,37). The average Bonchev–Trinajstić information content (AvgIpc) is 3.01. The molecule has 42 heavy (non-hydrogen) atoms. The van der Waals surface area contributed by atoms with Crippen molar-refractivity contribution in [1.82, 2.24) is 4.90 Å². The zero-order valence-electron chi connectivity index (χ0n) is 24.8. The first kappa shape index (κ1) is 29.4. The molecule has 0 saturated carbocycles. The van der Waals surface area contributed by atoms with E-state index in [0.717, 1.165) is 55.8 Å². The van der Waals surface area contributed by atoms with E-state index in [9.17, 15) is 9.90 Å². The van der Waals surface area contributed by atoms with Gasteiger partial charge in [0.1, 0.15) is 11.5 Å². The lowest BCUT2D eigenvalue weighted by atomic mass is 9.89. The number of nitrogens with zero attached hydrogens (tertiary/aromatic N) is 2. The maximum atomic E-state index is 12.7. The van der Waals surface area contributed by atoms with Crippen LogP contribution < -0.4 is 28.6 Å². The van der Waals surface area contributed by atoms with Gasteiger partial charge in [-0.15, -0.1) is 0 Å². The maximum Gasteiger partial charge on any atom is 0.412 e. The summed E-state index contributed by atoms with van der Waals surface area (Å²) in [5, 5.41) is 10.4. The third-order valence-electron chi connectivity index (χ3n) is 8.26. The second kappa shape index (κ2) is 13.2. The second-order valence-electron chi connectivity index (χ2n) is 10.9. The lowest BCUT2D eigenvalue weighted by molar-refractivity contribution is 0.178. The van der Waals surface area contributed by atoms with Crippen molar-refractivity contribution in [2.45, 2.75) is 38.3 Å². The summed E-state index contributed by atoms with van der Waals surface area (Å²) in [6.45, 7) is 3.06. The van der Waals surface area contributed by atoms with Crippen LogP contribution in [0.5, 0.6) is 28.7 Å². The molecule has 1 saturated heterocycles. The first-order chi connectivity index (χ1) is 20.4. The highest BCUT2D eigenvalue weighted by Gasteiger charge is 2.32. The fraction of sp³-hybridized carbons (Fsp3) is 0.424. The summed E-state index contributed by atoms with van der Waals surface area (Å²) in [5.41, 5.74) is 3.82. The summed E-state index contributed by atoms with van der Waals surface area (Å²) in [5.74, 6) is 3.16. The van der Waals surface area contributed by atoms with E-state index in [4.69, 9.17) is 23.7 Å². The monoisotopic (exact) mass is 576 g/mol. The SMILES string of the molecule is COc1ccc(CC2COc3cc(OC)c(OC)c(OC)c3C2)cc1N(C(=O)O)C1CCN(Cc2ccccc2)CC1. The van der Waals surface area contributed by atoms with Crippen LogP contribution in [0, 0.1) is 5.92 Å². The lowest BCUT2D eigenvalue weighted by Crippen LogP contribution is -2.47. The molecule has 224 valence electrons. The van der Waals surface area contributed by atoms with Gasteiger partial charge in [-0.25, -0.2) is 4.79 Å². The number of rotatable bonds is 10. The van der Waals surface area contributed by atoms with Gasteiger partial charge >= 0.3 is 6.09 Å². The summed E-state index contributed by atoms with van der Waals surface area (Å²) in [7, 11) is 6.38. The van der Waals surface area contributed by atoms with Crippen LogP contribution in [0.3, 0.4) is 0 Å². The Morgan fingerprint density at radius 2 is 1.62 bits per heavy atom. The quantitative estimate of drug-likeness (QED) is 0.331. The minimum absolute atomic E-state index is 0.129. The molecule has 0 bridgehead atoms. The molecule has 9 nitrogen and oxygen atoms in total. The zero-order valence-corrected chi connectivity index (χ0v) is 24.8. The Balaban J connectivity index is 1.33. The van der Waals surface area contributed by atoms with E-state index in [1.807, 2.05) is 30.3 Å². The van der Waals surface area contributed by atoms with Gasteiger partial charge < -0.3 is 28.8 Å². The molecule has 1 fully saturated rings. The van der Waals surface area contributed by atoms with E-state index in [-0.39, 0.29) is 12.0 Å². The molecule has 1 amide bonds. The smallest absolute Gasteiger partial charge is 0.412 e. The van der Waals surface area contributed by atoms with Gasteiger partial charge in [-0.1, -0.05) is 36.4 Å². The highest BCUT2D eigenvalue weighted by molar-refractivity contribution is 5.89. The molecular weight excluding hydrogens is 536 g/mol. The maximum absolute atomic E-state index is 12.7. The fourth-order valence-corrected chi connectivity index (χ4v) is 6.22. The van der Waals surface area contributed by atoms with Gasteiger partial charge in [0.15, 0.2) is 11.5 Å². The molecule has 3 aromatic carbocycles. The molecule has 5 rings (SSSR count). The number of hydrogen-bond acceptors (Lipinski definition) is 7. The molecule has 0 radical (unpaired) electrons. The number of carbonyl (C=O) groups is 1. The number of benzene rings is 3. The third-order valence-corrected chi connectivity index (χ3v) is 8.26. The van der Waals surface area contributed by atoms with Crippen LogP contribution in [0.4, 0.5) is 10.5 Å². The van der Waals surface area contributed by atoms with Gasteiger partial charge in [0.25, 0.3) is 0 Å². The number of likely N-dealkylation sites (tertiary alicyclic amines) is 1. The van der Waals surface area contributed by atoms with Crippen molar-refractivity contribution in [2.75, 3.05) is 53.0 Å².